The fourth-order valence-electron chi connectivity index (χ4n) is 2.39. The predicted molar refractivity (Wildman–Crippen MR) is 90.7 cm³/mol. The van der Waals surface area contributed by atoms with Gasteiger partial charge in [0.1, 0.15) is 5.82 Å². The van der Waals surface area contributed by atoms with Crippen molar-refractivity contribution in [2.75, 3.05) is 12.8 Å². The van der Waals surface area contributed by atoms with Crippen molar-refractivity contribution in [3.63, 3.8) is 0 Å². The summed E-state index contributed by atoms with van der Waals surface area (Å²) in [5.74, 6) is 0.904. The Labute approximate surface area is 134 Å². The van der Waals surface area contributed by atoms with Gasteiger partial charge in [0.25, 0.3) is 0 Å². The van der Waals surface area contributed by atoms with Crippen LogP contribution in [0.15, 0.2) is 18.2 Å². The van der Waals surface area contributed by atoms with Gasteiger partial charge in [-0.25, -0.2) is 4.39 Å². The van der Waals surface area contributed by atoms with Gasteiger partial charge in [-0.2, -0.15) is 23.5 Å². The van der Waals surface area contributed by atoms with Crippen molar-refractivity contribution in [2.45, 2.75) is 42.1 Å². The highest BCUT2D eigenvalue weighted by Gasteiger charge is 2.31. The van der Waals surface area contributed by atoms with Gasteiger partial charge in [0.05, 0.1) is 0 Å². The molecule has 0 bridgehead atoms. The number of likely N-dealkylation sites (N-methyl/N-ethyl adjacent to an activating group) is 1. The summed E-state index contributed by atoms with van der Waals surface area (Å²) in [5, 5.41) is 5.69. The van der Waals surface area contributed by atoms with Crippen molar-refractivity contribution in [2.24, 2.45) is 0 Å². The quantitative estimate of drug-likeness (QED) is 0.885. The lowest BCUT2D eigenvalue weighted by atomic mass is 10.0. The third-order valence-corrected chi connectivity index (χ3v) is 7.78. The first kappa shape index (κ1) is 16.5. The molecule has 1 aliphatic heterocycles. The zero-order valence-electron chi connectivity index (χ0n) is 12.0. The van der Waals surface area contributed by atoms with Crippen molar-refractivity contribution < 1.29 is 4.39 Å². The zero-order chi connectivity index (χ0) is 14.7. The number of halogens is 2. The first-order valence-electron chi connectivity index (χ1n) is 6.90. The van der Waals surface area contributed by atoms with E-state index < -0.39 is 0 Å². The lowest BCUT2D eigenvalue weighted by Crippen LogP contribution is -2.43. The Morgan fingerprint density at radius 1 is 1.40 bits per heavy atom. The smallest absolute Gasteiger partial charge is 0.127 e. The molecule has 1 saturated heterocycles. The average molecular weight is 334 g/mol. The first-order chi connectivity index (χ1) is 9.52. The van der Waals surface area contributed by atoms with Crippen LogP contribution in [-0.2, 0) is 6.42 Å². The minimum atomic E-state index is -0.201. The predicted octanol–water partition coefficient (Wildman–Crippen LogP) is 4.24. The molecule has 1 N–H and O–H groups in total. The van der Waals surface area contributed by atoms with Gasteiger partial charge >= 0.3 is 0 Å². The number of rotatable bonds is 4. The molecule has 0 spiro atoms. The molecule has 0 radical (unpaired) electrons. The van der Waals surface area contributed by atoms with Crippen LogP contribution in [0.3, 0.4) is 0 Å². The lowest BCUT2D eigenvalue weighted by molar-refractivity contribution is 0.531. The Hall–Kier alpha value is 0.1000. The summed E-state index contributed by atoms with van der Waals surface area (Å²) in [6.07, 6.45) is 0.640. The van der Waals surface area contributed by atoms with Crippen LogP contribution in [0.2, 0.25) is 5.02 Å². The van der Waals surface area contributed by atoms with Crippen LogP contribution in [0.5, 0.6) is 0 Å². The summed E-state index contributed by atoms with van der Waals surface area (Å²) in [6.45, 7) is 4.55. The molecule has 4 unspecified atom stereocenters. The number of hydrogen-bond acceptors (Lipinski definition) is 3. The number of hydrogen-bond donors (Lipinski definition) is 1. The molecule has 0 aromatic heterocycles. The highest BCUT2D eigenvalue weighted by molar-refractivity contribution is 8.07. The van der Waals surface area contributed by atoms with Crippen LogP contribution >= 0.6 is 35.1 Å². The second-order valence-corrected chi connectivity index (χ2v) is 8.66. The molecule has 1 nitrogen and oxygen atoms in total. The summed E-state index contributed by atoms with van der Waals surface area (Å²) >= 11 is 10.2. The Morgan fingerprint density at radius 3 is 2.75 bits per heavy atom. The second kappa shape index (κ2) is 7.39. The minimum Gasteiger partial charge on any atom is -0.316 e. The molecule has 0 aliphatic carbocycles. The van der Waals surface area contributed by atoms with E-state index in [1.165, 1.54) is 6.07 Å². The number of benzene rings is 1. The van der Waals surface area contributed by atoms with E-state index >= 15 is 0 Å². The Morgan fingerprint density at radius 2 is 2.15 bits per heavy atom. The standard InChI is InChI=1S/C15H21ClFNS2/c1-9-10(2)20-15(8-19-9)14(18-3)7-11-12(16)5-4-6-13(11)17/h4-6,9-10,14-15,18H,7-8H2,1-3H3. The van der Waals surface area contributed by atoms with Crippen LogP contribution in [0.25, 0.3) is 0 Å². The van der Waals surface area contributed by atoms with Crippen molar-refractivity contribution in [3.05, 3.63) is 34.6 Å². The summed E-state index contributed by atoms with van der Waals surface area (Å²) in [6, 6.07) is 5.16. The van der Waals surface area contributed by atoms with Gasteiger partial charge in [-0.15, -0.1) is 0 Å². The van der Waals surface area contributed by atoms with E-state index in [0.717, 1.165) is 5.75 Å². The monoisotopic (exact) mass is 333 g/mol. The molecule has 0 amide bonds. The molecule has 4 atom stereocenters. The number of thioether (sulfide) groups is 2. The molecule has 20 heavy (non-hydrogen) atoms. The fourth-order valence-corrected chi connectivity index (χ4v) is 5.79. The van der Waals surface area contributed by atoms with E-state index in [4.69, 9.17) is 11.6 Å². The summed E-state index contributed by atoms with van der Waals surface area (Å²) in [5.41, 5.74) is 0.630. The van der Waals surface area contributed by atoms with Gasteiger partial charge < -0.3 is 5.32 Å². The van der Waals surface area contributed by atoms with Crippen LogP contribution < -0.4 is 5.32 Å². The number of nitrogens with one attached hydrogen (secondary N) is 1. The van der Waals surface area contributed by atoms with Gasteiger partial charge in [-0.3, -0.25) is 0 Å². The van der Waals surface area contributed by atoms with Crippen LogP contribution in [0.1, 0.15) is 19.4 Å². The van der Waals surface area contributed by atoms with Gasteiger partial charge in [-0.05, 0) is 25.6 Å². The van der Waals surface area contributed by atoms with Gasteiger partial charge in [0, 0.05) is 38.1 Å². The molecule has 1 aromatic carbocycles. The summed E-state index contributed by atoms with van der Waals surface area (Å²) in [4.78, 5) is 0. The molecule has 2 rings (SSSR count). The maximum Gasteiger partial charge on any atom is 0.127 e. The summed E-state index contributed by atoms with van der Waals surface area (Å²) < 4.78 is 13.9. The largest absolute Gasteiger partial charge is 0.316 e. The molecular weight excluding hydrogens is 313 g/mol. The zero-order valence-corrected chi connectivity index (χ0v) is 14.4. The van der Waals surface area contributed by atoms with Crippen LogP contribution in [-0.4, -0.2) is 34.6 Å². The molecule has 1 fully saturated rings. The highest BCUT2D eigenvalue weighted by atomic mass is 35.5. The molecule has 1 aliphatic rings. The molecule has 1 aromatic rings. The van der Waals surface area contributed by atoms with E-state index in [1.54, 1.807) is 12.1 Å². The minimum absolute atomic E-state index is 0.201. The second-order valence-electron chi connectivity index (χ2n) is 5.22. The average Bonchev–Trinajstić information content (AvgIpc) is 2.42. The van der Waals surface area contributed by atoms with Crippen molar-refractivity contribution in [3.8, 4) is 0 Å². The maximum atomic E-state index is 13.9. The Kier molecular flexibility index (Phi) is 6.09. The maximum absolute atomic E-state index is 13.9. The summed E-state index contributed by atoms with van der Waals surface area (Å²) in [7, 11) is 1.95. The topological polar surface area (TPSA) is 12.0 Å². The van der Waals surface area contributed by atoms with Crippen LogP contribution in [0.4, 0.5) is 4.39 Å². The van der Waals surface area contributed by atoms with Gasteiger partial charge in [0.15, 0.2) is 0 Å². The third-order valence-electron chi connectivity index (χ3n) is 3.88. The molecule has 0 saturated carbocycles. The van der Waals surface area contributed by atoms with Crippen molar-refractivity contribution in [1.82, 2.24) is 5.32 Å². The van der Waals surface area contributed by atoms with Crippen LogP contribution in [0, 0.1) is 5.82 Å². The third kappa shape index (κ3) is 3.85. The SMILES string of the molecule is CNC(Cc1c(F)cccc1Cl)C1CSC(C)C(C)S1. The first-order valence-corrected chi connectivity index (χ1v) is 9.27. The van der Waals surface area contributed by atoms with E-state index in [9.17, 15) is 4.39 Å². The van der Waals surface area contributed by atoms with Crippen molar-refractivity contribution in [1.29, 1.82) is 0 Å². The van der Waals surface area contributed by atoms with Crippen molar-refractivity contribution >= 4 is 35.1 Å². The van der Waals surface area contributed by atoms with E-state index in [-0.39, 0.29) is 11.9 Å². The molecule has 5 heteroatoms. The molecular formula is C15H21ClFNS2. The normalized spacial score (nSPS) is 28.4. The Balaban J connectivity index is 2.09. The lowest BCUT2D eigenvalue weighted by Gasteiger charge is -2.36. The fraction of sp³-hybridized carbons (Fsp3) is 0.600. The van der Waals surface area contributed by atoms with E-state index in [2.05, 4.69) is 19.2 Å². The van der Waals surface area contributed by atoms with Gasteiger partial charge in [-0.1, -0.05) is 31.5 Å². The molecule has 112 valence electrons. The molecule has 1 heterocycles. The van der Waals surface area contributed by atoms with E-state index in [0.29, 0.717) is 32.8 Å². The Bertz CT molecular complexity index is 437. The van der Waals surface area contributed by atoms with Gasteiger partial charge in [0.2, 0.25) is 0 Å². The highest BCUT2D eigenvalue weighted by Crippen LogP contribution is 2.38. The van der Waals surface area contributed by atoms with E-state index in [1.807, 2.05) is 30.6 Å².